The molecule has 1 rings (SSSR count). The number of rotatable bonds is 5. The molecule has 0 bridgehead atoms. The van der Waals surface area contributed by atoms with Gasteiger partial charge in [0.25, 0.3) is 5.91 Å². The molecular formula is C11H12F2N2O3S. The minimum Gasteiger partial charge on any atom is -0.351 e. The standard InChI is InChI=1S/C11H12F2N2O3S/c1-6(19-2)5-14-11(16)8-3-7(12)4-9(10(8)13)15(17)18/h3-4,6H,5H2,1-2H3,(H,14,16). The molecule has 1 N–H and O–H groups in total. The molecule has 0 aliphatic carbocycles. The van der Waals surface area contributed by atoms with Crippen LogP contribution in [0.5, 0.6) is 0 Å². The number of carbonyl (C=O) groups excluding carboxylic acids is 1. The molecule has 0 spiro atoms. The van der Waals surface area contributed by atoms with E-state index in [-0.39, 0.29) is 11.8 Å². The summed E-state index contributed by atoms with van der Waals surface area (Å²) in [4.78, 5) is 21.1. The van der Waals surface area contributed by atoms with E-state index in [2.05, 4.69) is 5.32 Å². The normalized spacial score (nSPS) is 12.0. The van der Waals surface area contributed by atoms with Gasteiger partial charge in [-0.25, -0.2) is 4.39 Å². The van der Waals surface area contributed by atoms with Gasteiger partial charge in [0.15, 0.2) is 0 Å². The lowest BCUT2D eigenvalue weighted by Gasteiger charge is -2.10. The largest absolute Gasteiger partial charge is 0.351 e. The zero-order chi connectivity index (χ0) is 14.6. The molecule has 1 amide bonds. The molecule has 5 nitrogen and oxygen atoms in total. The summed E-state index contributed by atoms with van der Waals surface area (Å²) in [5, 5.41) is 13.0. The SMILES string of the molecule is CSC(C)CNC(=O)c1cc(F)cc([N+](=O)[O-])c1F. The van der Waals surface area contributed by atoms with E-state index in [1.165, 1.54) is 11.8 Å². The van der Waals surface area contributed by atoms with Gasteiger partial charge in [-0.15, -0.1) is 0 Å². The number of halogens is 2. The number of nitrogens with one attached hydrogen (secondary N) is 1. The number of benzene rings is 1. The molecule has 1 atom stereocenters. The summed E-state index contributed by atoms with van der Waals surface area (Å²) in [7, 11) is 0. The van der Waals surface area contributed by atoms with Gasteiger partial charge in [-0.3, -0.25) is 14.9 Å². The van der Waals surface area contributed by atoms with Crippen molar-refractivity contribution in [2.75, 3.05) is 12.8 Å². The highest BCUT2D eigenvalue weighted by atomic mass is 32.2. The molecule has 0 radical (unpaired) electrons. The van der Waals surface area contributed by atoms with E-state index >= 15 is 0 Å². The number of hydrogen-bond donors (Lipinski definition) is 1. The molecule has 0 saturated heterocycles. The highest BCUT2D eigenvalue weighted by molar-refractivity contribution is 7.99. The van der Waals surface area contributed by atoms with Crippen LogP contribution in [0, 0.1) is 21.7 Å². The third-order valence-electron chi connectivity index (χ3n) is 2.41. The highest BCUT2D eigenvalue weighted by Gasteiger charge is 2.24. The number of thioether (sulfide) groups is 1. The van der Waals surface area contributed by atoms with E-state index in [4.69, 9.17) is 0 Å². The monoisotopic (exact) mass is 290 g/mol. The van der Waals surface area contributed by atoms with E-state index in [0.717, 1.165) is 0 Å². The minimum atomic E-state index is -1.33. The van der Waals surface area contributed by atoms with Crippen molar-refractivity contribution in [3.63, 3.8) is 0 Å². The third kappa shape index (κ3) is 3.88. The van der Waals surface area contributed by atoms with E-state index in [9.17, 15) is 23.7 Å². The summed E-state index contributed by atoms with van der Waals surface area (Å²) in [6, 6.07) is 1.08. The number of amides is 1. The van der Waals surface area contributed by atoms with Crippen molar-refractivity contribution >= 4 is 23.4 Å². The Labute approximate surface area is 112 Å². The second-order valence-electron chi connectivity index (χ2n) is 3.80. The molecule has 1 unspecified atom stereocenters. The molecule has 1 aromatic rings. The molecule has 104 valence electrons. The average Bonchev–Trinajstić information content (AvgIpc) is 2.37. The van der Waals surface area contributed by atoms with Crippen molar-refractivity contribution < 1.29 is 18.5 Å². The number of carbonyl (C=O) groups is 1. The van der Waals surface area contributed by atoms with Crippen LogP contribution in [0.15, 0.2) is 12.1 Å². The molecule has 0 saturated carbocycles. The quantitative estimate of drug-likeness (QED) is 0.667. The molecule has 8 heteroatoms. The Balaban J connectivity index is 3.00. The lowest BCUT2D eigenvalue weighted by molar-refractivity contribution is -0.387. The number of hydrogen-bond acceptors (Lipinski definition) is 4. The summed E-state index contributed by atoms with van der Waals surface area (Å²) in [5.74, 6) is -3.24. The van der Waals surface area contributed by atoms with Crippen LogP contribution in [0.4, 0.5) is 14.5 Å². The van der Waals surface area contributed by atoms with Crippen molar-refractivity contribution in [3.8, 4) is 0 Å². The maximum Gasteiger partial charge on any atom is 0.308 e. The van der Waals surface area contributed by atoms with E-state index < -0.39 is 33.7 Å². The molecule has 0 aliphatic rings. The molecule has 0 heterocycles. The van der Waals surface area contributed by atoms with Gasteiger partial charge < -0.3 is 5.32 Å². The van der Waals surface area contributed by atoms with E-state index in [0.29, 0.717) is 12.1 Å². The van der Waals surface area contributed by atoms with E-state index in [1.807, 2.05) is 13.2 Å². The predicted octanol–water partition coefficient (Wildman–Crippen LogP) is 2.35. The predicted molar refractivity (Wildman–Crippen MR) is 68.3 cm³/mol. The molecule has 1 aromatic carbocycles. The van der Waals surface area contributed by atoms with Crippen molar-refractivity contribution in [3.05, 3.63) is 39.4 Å². The summed E-state index contributed by atoms with van der Waals surface area (Å²) in [6.45, 7) is 2.10. The Morgan fingerprint density at radius 1 is 1.53 bits per heavy atom. The zero-order valence-electron chi connectivity index (χ0n) is 10.3. The second-order valence-corrected chi connectivity index (χ2v) is 5.08. The Morgan fingerprint density at radius 2 is 2.16 bits per heavy atom. The summed E-state index contributed by atoms with van der Waals surface area (Å²) < 4.78 is 26.8. The molecule has 0 aliphatic heterocycles. The maximum atomic E-state index is 13.7. The fraction of sp³-hybridized carbons (Fsp3) is 0.364. The Morgan fingerprint density at radius 3 is 2.68 bits per heavy atom. The van der Waals surface area contributed by atoms with E-state index in [1.54, 1.807) is 0 Å². The van der Waals surface area contributed by atoms with Crippen LogP contribution in [0.25, 0.3) is 0 Å². The van der Waals surface area contributed by atoms with Gasteiger partial charge in [0.2, 0.25) is 5.82 Å². The van der Waals surface area contributed by atoms with Crippen LogP contribution < -0.4 is 5.32 Å². The highest BCUT2D eigenvalue weighted by Crippen LogP contribution is 2.22. The Bertz CT molecular complexity index is 511. The Kier molecular flexibility index (Phi) is 5.22. The summed E-state index contributed by atoms with van der Waals surface area (Å²) in [6.07, 6.45) is 1.84. The average molecular weight is 290 g/mol. The van der Waals surface area contributed by atoms with Crippen molar-refractivity contribution in [2.24, 2.45) is 0 Å². The van der Waals surface area contributed by atoms with Crippen LogP contribution in [0.1, 0.15) is 17.3 Å². The molecule has 0 fully saturated rings. The fourth-order valence-corrected chi connectivity index (χ4v) is 1.54. The Hall–Kier alpha value is -1.70. The number of nitro groups is 1. The zero-order valence-corrected chi connectivity index (χ0v) is 11.1. The van der Waals surface area contributed by atoms with Crippen molar-refractivity contribution in [1.29, 1.82) is 0 Å². The number of nitrogens with zero attached hydrogens (tertiary/aromatic N) is 1. The van der Waals surface area contributed by atoms with Gasteiger partial charge in [0.1, 0.15) is 5.82 Å². The minimum absolute atomic E-state index is 0.0931. The van der Waals surface area contributed by atoms with Gasteiger partial charge in [0, 0.05) is 11.8 Å². The van der Waals surface area contributed by atoms with Crippen LogP contribution >= 0.6 is 11.8 Å². The first kappa shape index (κ1) is 15.4. The first-order chi connectivity index (χ1) is 8.86. The topological polar surface area (TPSA) is 72.2 Å². The lowest BCUT2D eigenvalue weighted by atomic mass is 10.1. The lowest BCUT2D eigenvalue weighted by Crippen LogP contribution is -2.30. The summed E-state index contributed by atoms with van der Waals surface area (Å²) >= 11 is 1.49. The van der Waals surface area contributed by atoms with Gasteiger partial charge in [0.05, 0.1) is 16.6 Å². The van der Waals surface area contributed by atoms with Crippen molar-refractivity contribution in [1.82, 2.24) is 5.32 Å². The number of nitro benzene ring substituents is 1. The maximum absolute atomic E-state index is 13.7. The van der Waals surface area contributed by atoms with Crippen molar-refractivity contribution in [2.45, 2.75) is 12.2 Å². The third-order valence-corrected chi connectivity index (χ3v) is 3.38. The first-order valence-electron chi connectivity index (χ1n) is 5.31. The first-order valence-corrected chi connectivity index (χ1v) is 6.60. The second kappa shape index (κ2) is 6.46. The molecule has 0 aromatic heterocycles. The van der Waals surface area contributed by atoms with Gasteiger partial charge in [-0.05, 0) is 12.3 Å². The van der Waals surface area contributed by atoms with Crippen LogP contribution in [0.3, 0.4) is 0 Å². The van der Waals surface area contributed by atoms with Crippen LogP contribution in [0.2, 0.25) is 0 Å². The summed E-state index contributed by atoms with van der Waals surface area (Å²) in [5.41, 5.74) is -1.72. The van der Waals surface area contributed by atoms with Crippen LogP contribution in [-0.2, 0) is 0 Å². The van der Waals surface area contributed by atoms with Gasteiger partial charge in [-0.1, -0.05) is 6.92 Å². The fourth-order valence-electron chi connectivity index (χ4n) is 1.29. The van der Waals surface area contributed by atoms with Crippen LogP contribution in [-0.4, -0.2) is 28.9 Å². The smallest absolute Gasteiger partial charge is 0.308 e. The van der Waals surface area contributed by atoms with Gasteiger partial charge >= 0.3 is 5.69 Å². The molecule has 19 heavy (non-hydrogen) atoms. The molecular weight excluding hydrogens is 278 g/mol. The van der Waals surface area contributed by atoms with Gasteiger partial charge in [-0.2, -0.15) is 16.2 Å².